The van der Waals surface area contributed by atoms with Gasteiger partial charge in [-0.2, -0.15) is 0 Å². The first-order valence-corrected chi connectivity index (χ1v) is 8.70. The molecular formula is C19H24F2N4O. The summed E-state index contributed by atoms with van der Waals surface area (Å²) in [5, 5.41) is 6.58. The number of guanidine groups is 1. The third-order valence-electron chi connectivity index (χ3n) is 4.60. The topological polar surface area (TPSA) is 52.8 Å². The van der Waals surface area contributed by atoms with Crippen molar-refractivity contribution in [3.63, 3.8) is 0 Å². The van der Waals surface area contributed by atoms with Gasteiger partial charge in [0, 0.05) is 38.3 Å². The van der Waals surface area contributed by atoms with Crippen LogP contribution in [0.25, 0.3) is 0 Å². The van der Waals surface area contributed by atoms with Gasteiger partial charge in [0.2, 0.25) is 0 Å². The van der Waals surface area contributed by atoms with E-state index in [1.54, 1.807) is 11.9 Å². The van der Waals surface area contributed by atoms with Crippen molar-refractivity contribution in [2.45, 2.75) is 32.9 Å². The Balaban J connectivity index is 1.58. The Morgan fingerprint density at radius 2 is 2.04 bits per heavy atom. The molecule has 0 radical (unpaired) electrons. The number of para-hydroxylation sites is 1. The van der Waals surface area contributed by atoms with E-state index >= 15 is 0 Å². The summed E-state index contributed by atoms with van der Waals surface area (Å²) in [7, 11) is 1.70. The zero-order valence-electron chi connectivity index (χ0n) is 15.3. The molecule has 26 heavy (non-hydrogen) atoms. The number of nitrogens with zero attached hydrogens (tertiary/aromatic N) is 2. The van der Waals surface area contributed by atoms with Crippen LogP contribution in [0.1, 0.15) is 23.5 Å². The standard InChI is InChI=1S/C19H24F2N4O/c1-12-9-14(13(2)26-12)10-23-19(22-3)24-15-7-8-25(11-15)18-16(20)5-4-6-17(18)21/h4-6,9,15H,7-8,10-11H2,1-3H3,(H2,22,23,24). The smallest absolute Gasteiger partial charge is 0.191 e. The number of nitrogens with one attached hydrogen (secondary N) is 2. The number of halogens is 2. The molecule has 2 aromatic rings. The fourth-order valence-electron chi connectivity index (χ4n) is 3.30. The number of furan rings is 1. The molecule has 7 heteroatoms. The highest BCUT2D eigenvalue weighted by molar-refractivity contribution is 5.80. The molecule has 0 amide bonds. The summed E-state index contributed by atoms with van der Waals surface area (Å²) in [5.74, 6) is 1.36. The summed E-state index contributed by atoms with van der Waals surface area (Å²) in [5.41, 5.74) is 1.12. The van der Waals surface area contributed by atoms with Crippen LogP contribution in [0.5, 0.6) is 0 Å². The van der Waals surface area contributed by atoms with Gasteiger partial charge in [-0.25, -0.2) is 8.78 Å². The highest BCUT2D eigenvalue weighted by atomic mass is 19.1. The van der Waals surface area contributed by atoms with Crippen molar-refractivity contribution in [2.75, 3.05) is 25.0 Å². The molecule has 140 valence electrons. The Morgan fingerprint density at radius 3 is 2.65 bits per heavy atom. The van der Waals surface area contributed by atoms with Gasteiger partial charge in [-0.15, -0.1) is 0 Å². The van der Waals surface area contributed by atoms with E-state index in [0.717, 1.165) is 23.5 Å². The Kier molecular flexibility index (Phi) is 5.44. The normalized spacial score (nSPS) is 17.7. The van der Waals surface area contributed by atoms with Crippen LogP contribution >= 0.6 is 0 Å². The van der Waals surface area contributed by atoms with E-state index < -0.39 is 11.6 Å². The van der Waals surface area contributed by atoms with E-state index in [1.807, 2.05) is 19.9 Å². The van der Waals surface area contributed by atoms with Crippen molar-refractivity contribution in [1.29, 1.82) is 0 Å². The minimum Gasteiger partial charge on any atom is -0.466 e. The molecule has 3 rings (SSSR count). The fourth-order valence-corrected chi connectivity index (χ4v) is 3.30. The van der Waals surface area contributed by atoms with Crippen molar-refractivity contribution in [3.8, 4) is 0 Å². The van der Waals surface area contributed by atoms with Crippen LogP contribution in [-0.4, -0.2) is 32.1 Å². The van der Waals surface area contributed by atoms with E-state index in [2.05, 4.69) is 15.6 Å². The minimum absolute atomic E-state index is 0.0456. The van der Waals surface area contributed by atoms with Crippen molar-refractivity contribution >= 4 is 11.6 Å². The molecule has 2 N–H and O–H groups in total. The molecule has 1 aromatic heterocycles. The van der Waals surface area contributed by atoms with Crippen molar-refractivity contribution < 1.29 is 13.2 Å². The second-order valence-corrected chi connectivity index (χ2v) is 6.51. The molecule has 1 aliphatic heterocycles. The zero-order valence-corrected chi connectivity index (χ0v) is 15.3. The van der Waals surface area contributed by atoms with E-state index in [4.69, 9.17) is 4.42 Å². The molecule has 1 atom stereocenters. The molecule has 0 aliphatic carbocycles. The first-order valence-electron chi connectivity index (χ1n) is 8.70. The quantitative estimate of drug-likeness (QED) is 0.648. The molecule has 1 aliphatic rings. The molecule has 1 unspecified atom stereocenters. The Morgan fingerprint density at radius 1 is 1.31 bits per heavy atom. The predicted molar refractivity (Wildman–Crippen MR) is 98.5 cm³/mol. The highest BCUT2D eigenvalue weighted by Gasteiger charge is 2.27. The summed E-state index contributed by atoms with van der Waals surface area (Å²) >= 11 is 0. The monoisotopic (exact) mass is 362 g/mol. The van der Waals surface area contributed by atoms with Crippen LogP contribution in [0.4, 0.5) is 14.5 Å². The molecule has 1 fully saturated rings. The van der Waals surface area contributed by atoms with Crippen LogP contribution in [0.3, 0.4) is 0 Å². The summed E-state index contributed by atoms with van der Waals surface area (Å²) in [6.07, 6.45) is 0.776. The van der Waals surface area contributed by atoms with Crippen LogP contribution in [0.2, 0.25) is 0 Å². The zero-order chi connectivity index (χ0) is 18.7. The molecule has 5 nitrogen and oxygen atoms in total. The van der Waals surface area contributed by atoms with Crippen molar-refractivity contribution in [1.82, 2.24) is 10.6 Å². The molecule has 0 saturated carbocycles. The van der Waals surface area contributed by atoms with E-state index in [-0.39, 0.29) is 11.7 Å². The highest BCUT2D eigenvalue weighted by Crippen LogP contribution is 2.26. The van der Waals surface area contributed by atoms with Crippen molar-refractivity contribution in [3.05, 3.63) is 53.0 Å². The van der Waals surface area contributed by atoms with Gasteiger partial charge in [-0.1, -0.05) is 6.07 Å². The Bertz CT molecular complexity index is 783. The number of rotatable bonds is 4. The fraction of sp³-hybridized carbons (Fsp3) is 0.421. The lowest BCUT2D eigenvalue weighted by molar-refractivity contribution is 0.500. The Hall–Kier alpha value is -2.57. The molecule has 0 bridgehead atoms. The molecular weight excluding hydrogens is 338 g/mol. The van der Waals surface area contributed by atoms with Gasteiger partial charge in [0.1, 0.15) is 28.8 Å². The van der Waals surface area contributed by atoms with Gasteiger partial charge < -0.3 is 20.0 Å². The number of aliphatic imine (C=N–C) groups is 1. The minimum atomic E-state index is -0.529. The average molecular weight is 362 g/mol. The second-order valence-electron chi connectivity index (χ2n) is 6.51. The van der Waals surface area contributed by atoms with Crippen molar-refractivity contribution in [2.24, 2.45) is 4.99 Å². The first-order chi connectivity index (χ1) is 12.5. The number of hydrogen-bond donors (Lipinski definition) is 2. The van der Waals surface area contributed by atoms with Gasteiger partial charge >= 0.3 is 0 Å². The summed E-state index contributed by atoms with van der Waals surface area (Å²) in [4.78, 5) is 5.97. The van der Waals surface area contributed by atoms with Gasteiger partial charge in [0.25, 0.3) is 0 Å². The number of aryl methyl sites for hydroxylation is 2. The van der Waals surface area contributed by atoms with E-state index in [0.29, 0.717) is 25.6 Å². The van der Waals surface area contributed by atoms with Gasteiger partial charge in [0.05, 0.1) is 0 Å². The average Bonchev–Trinajstić information content (AvgIpc) is 3.17. The van der Waals surface area contributed by atoms with Gasteiger partial charge in [0.15, 0.2) is 5.96 Å². The lowest BCUT2D eigenvalue weighted by Crippen LogP contribution is -2.44. The largest absolute Gasteiger partial charge is 0.466 e. The number of anilines is 1. The number of hydrogen-bond acceptors (Lipinski definition) is 3. The number of benzene rings is 1. The third kappa shape index (κ3) is 3.98. The summed E-state index contributed by atoms with van der Waals surface area (Å²) < 4.78 is 33.4. The maximum atomic E-state index is 14.0. The van der Waals surface area contributed by atoms with Crippen LogP contribution in [0, 0.1) is 25.5 Å². The lowest BCUT2D eigenvalue weighted by Gasteiger charge is -2.21. The summed E-state index contributed by atoms with van der Waals surface area (Å²) in [6, 6.07) is 6.01. The maximum absolute atomic E-state index is 14.0. The maximum Gasteiger partial charge on any atom is 0.191 e. The lowest BCUT2D eigenvalue weighted by atomic mass is 10.2. The molecule has 1 saturated heterocycles. The third-order valence-corrected chi connectivity index (χ3v) is 4.60. The van der Waals surface area contributed by atoms with Gasteiger partial charge in [-0.3, -0.25) is 4.99 Å². The molecule has 0 spiro atoms. The first kappa shape index (κ1) is 18.2. The molecule has 1 aromatic carbocycles. The summed E-state index contributed by atoms with van der Waals surface area (Å²) in [6.45, 7) is 5.55. The predicted octanol–water partition coefficient (Wildman–Crippen LogP) is 3.12. The van der Waals surface area contributed by atoms with E-state index in [9.17, 15) is 8.78 Å². The van der Waals surface area contributed by atoms with Gasteiger partial charge in [-0.05, 0) is 38.5 Å². The SMILES string of the molecule is CN=C(NCc1cc(C)oc1C)NC1CCN(c2c(F)cccc2F)C1. The van der Waals surface area contributed by atoms with Crippen LogP contribution < -0.4 is 15.5 Å². The second kappa shape index (κ2) is 7.76. The van der Waals surface area contributed by atoms with Crippen LogP contribution in [-0.2, 0) is 6.54 Å². The Labute approximate surface area is 152 Å². The van der Waals surface area contributed by atoms with Crippen LogP contribution in [0.15, 0.2) is 33.7 Å². The van der Waals surface area contributed by atoms with E-state index in [1.165, 1.54) is 18.2 Å². The molecule has 2 heterocycles.